The lowest BCUT2D eigenvalue weighted by molar-refractivity contribution is -0.139. The van der Waals surface area contributed by atoms with Gasteiger partial charge in [-0.25, -0.2) is 0 Å². The van der Waals surface area contributed by atoms with Gasteiger partial charge in [-0.1, -0.05) is 0 Å². The number of pyridine rings is 1. The van der Waals surface area contributed by atoms with Crippen molar-refractivity contribution in [3.63, 3.8) is 0 Å². The van der Waals surface area contributed by atoms with E-state index < -0.39 is 0 Å². The molecule has 0 aliphatic heterocycles. The van der Waals surface area contributed by atoms with Gasteiger partial charge in [0.1, 0.15) is 0 Å². The first-order valence-electron chi connectivity index (χ1n) is 4.72. The summed E-state index contributed by atoms with van der Waals surface area (Å²) in [4.78, 5) is 3.91. The number of nitrogens with two attached hydrogens (primary N) is 1. The molecular formula is C10H16N2O2. The van der Waals surface area contributed by atoms with Crippen molar-refractivity contribution in [2.75, 3.05) is 18.9 Å². The third kappa shape index (κ3) is 2.68. The van der Waals surface area contributed by atoms with Crippen LogP contribution in [-0.2, 0) is 9.47 Å². The van der Waals surface area contributed by atoms with Crippen LogP contribution in [0.25, 0.3) is 0 Å². The normalized spacial score (nSPS) is 10.8. The molecule has 2 N–H and O–H groups in total. The fourth-order valence-electron chi connectivity index (χ4n) is 1.16. The molecule has 1 aromatic rings. The lowest BCUT2D eigenvalue weighted by Gasteiger charge is -2.18. The molecule has 0 aromatic carbocycles. The molecule has 0 aliphatic rings. The zero-order valence-corrected chi connectivity index (χ0v) is 8.56. The molecule has 0 fully saturated rings. The van der Waals surface area contributed by atoms with E-state index in [1.807, 2.05) is 19.9 Å². The van der Waals surface area contributed by atoms with E-state index in [9.17, 15) is 0 Å². The van der Waals surface area contributed by atoms with Crippen LogP contribution in [0.1, 0.15) is 25.7 Å². The number of nitrogen functional groups attached to an aromatic ring is 1. The number of anilines is 1. The van der Waals surface area contributed by atoms with Crippen LogP contribution < -0.4 is 5.73 Å². The second kappa shape index (κ2) is 5.57. The van der Waals surface area contributed by atoms with Crippen molar-refractivity contribution in [1.82, 2.24) is 4.98 Å². The highest BCUT2D eigenvalue weighted by Gasteiger charge is 2.13. The summed E-state index contributed by atoms with van der Waals surface area (Å²) in [5, 5.41) is 0. The summed E-state index contributed by atoms with van der Waals surface area (Å²) in [6, 6.07) is 1.81. The smallest absolute Gasteiger partial charge is 0.185 e. The molecule has 0 saturated carbocycles. The molecule has 4 nitrogen and oxygen atoms in total. The maximum atomic E-state index is 5.76. The van der Waals surface area contributed by atoms with Gasteiger partial charge in [-0.05, 0) is 19.9 Å². The Bertz CT molecular complexity index is 273. The van der Waals surface area contributed by atoms with E-state index in [2.05, 4.69) is 4.98 Å². The van der Waals surface area contributed by atoms with E-state index >= 15 is 0 Å². The highest BCUT2D eigenvalue weighted by molar-refractivity contribution is 5.44. The predicted octanol–water partition coefficient (Wildman–Crippen LogP) is 1.74. The molecule has 0 spiro atoms. The Morgan fingerprint density at radius 2 is 2.00 bits per heavy atom. The molecule has 0 bridgehead atoms. The van der Waals surface area contributed by atoms with Crippen LogP contribution in [0.15, 0.2) is 18.5 Å². The van der Waals surface area contributed by atoms with Gasteiger partial charge >= 0.3 is 0 Å². The van der Waals surface area contributed by atoms with E-state index in [1.54, 1.807) is 12.4 Å². The highest BCUT2D eigenvalue weighted by atomic mass is 16.7. The van der Waals surface area contributed by atoms with Crippen molar-refractivity contribution < 1.29 is 9.47 Å². The number of rotatable bonds is 5. The van der Waals surface area contributed by atoms with E-state index in [-0.39, 0.29) is 6.29 Å². The van der Waals surface area contributed by atoms with Crippen LogP contribution >= 0.6 is 0 Å². The van der Waals surface area contributed by atoms with Gasteiger partial charge in [0.15, 0.2) is 6.29 Å². The first-order chi connectivity index (χ1) is 6.79. The molecule has 0 amide bonds. The fourth-order valence-corrected chi connectivity index (χ4v) is 1.16. The van der Waals surface area contributed by atoms with Crippen molar-refractivity contribution in [3.8, 4) is 0 Å². The number of hydrogen-bond acceptors (Lipinski definition) is 4. The first-order valence-corrected chi connectivity index (χ1v) is 4.72. The van der Waals surface area contributed by atoms with Crippen molar-refractivity contribution in [3.05, 3.63) is 24.0 Å². The number of hydrogen-bond donors (Lipinski definition) is 1. The SMILES string of the molecule is CCOC(OCC)c1ccncc1N. The molecule has 1 heterocycles. The second-order valence-electron chi connectivity index (χ2n) is 2.75. The van der Waals surface area contributed by atoms with Crippen LogP contribution in [0.3, 0.4) is 0 Å². The van der Waals surface area contributed by atoms with Crippen LogP contribution in [0, 0.1) is 0 Å². The molecule has 0 aliphatic carbocycles. The Morgan fingerprint density at radius 3 is 2.50 bits per heavy atom. The Balaban J connectivity index is 2.81. The van der Waals surface area contributed by atoms with Gasteiger partial charge in [-0.2, -0.15) is 0 Å². The minimum atomic E-state index is -0.381. The minimum Gasteiger partial charge on any atom is -0.397 e. The molecule has 1 aromatic heterocycles. The summed E-state index contributed by atoms with van der Waals surface area (Å²) < 4.78 is 10.8. The molecule has 14 heavy (non-hydrogen) atoms. The summed E-state index contributed by atoms with van der Waals surface area (Å²) in [6.45, 7) is 5.02. The predicted molar refractivity (Wildman–Crippen MR) is 54.6 cm³/mol. The Kier molecular flexibility index (Phi) is 4.35. The first kappa shape index (κ1) is 10.9. The number of ether oxygens (including phenoxy) is 2. The molecule has 0 radical (unpaired) electrons. The maximum Gasteiger partial charge on any atom is 0.185 e. The largest absolute Gasteiger partial charge is 0.397 e. The maximum absolute atomic E-state index is 5.76. The van der Waals surface area contributed by atoms with E-state index in [0.29, 0.717) is 18.9 Å². The van der Waals surface area contributed by atoms with Gasteiger partial charge in [-0.15, -0.1) is 0 Å². The lowest BCUT2D eigenvalue weighted by atomic mass is 10.2. The van der Waals surface area contributed by atoms with Gasteiger partial charge in [-0.3, -0.25) is 4.98 Å². The van der Waals surface area contributed by atoms with Crippen molar-refractivity contribution in [1.29, 1.82) is 0 Å². The van der Waals surface area contributed by atoms with Gasteiger partial charge in [0.2, 0.25) is 0 Å². The minimum absolute atomic E-state index is 0.381. The molecule has 4 heteroatoms. The molecular weight excluding hydrogens is 180 g/mol. The average molecular weight is 196 g/mol. The quantitative estimate of drug-likeness (QED) is 0.729. The summed E-state index contributed by atoms with van der Waals surface area (Å²) in [5.41, 5.74) is 7.19. The zero-order valence-electron chi connectivity index (χ0n) is 8.56. The summed E-state index contributed by atoms with van der Waals surface area (Å²) >= 11 is 0. The van der Waals surface area contributed by atoms with Crippen LogP contribution in [0.2, 0.25) is 0 Å². The number of nitrogens with zero attached hydrogens (tertiary/aromatic N) is 1. The van der Waals surface area contributed by atoms with Gasteiger partial charge < -0.3 is 15.2 Å². The molecule has 0 unspecified atom stereocenters. The average Bonchev–Trinajstić information content (AvgIpc) is 2.18. The lowest BCUT2D eigenvalue weighted by Crippen LogP contribution is -2.11. The standard InChI is InChI=1S/C10H16N2O2/c1-3-13-10(14-4-2)8-5-6-12-7-9(8)11/h5-7,10H,3-4,11H2,1-2H3. The van der Waals surface area contributed by atoms with Gasteiger partial charge in [0.25, 0.3) is 0 Å². The van der Waals surface area contributed by atoms with Crippen molar-refractivity contribution in [2.24, 2.45) is 0 Å². The molecule has 1 rings (SSSR count). The fraction of sp³-hybridized carbons (Fsp3) is 0.500. The molecule has 0 atom stereocenters. The van der Waals surface area contributed by atoms with Crippen molar-refractivity contribution in [2.45, 2.75) is 20.1 Å². The summed E-state index contributed by atoms with van der Waals surface area (Å²) in [7, 11) is 0. The zero-order chi connectivity index (χ0) is 10.4. The Morgan fingerprint density at radius 1 is 1.36 bits per heavy atom. The summed E-state index contributed by atoms with van der Waals surface area (Å²) in [5.74, 6) is 0. The van der Waals surface area contributed by atoms with Crippen molar-refractivity contribution >= 4 is 5.69 Å². The topological polar surface area (TPSA) is 57.4 Å². The monoisotopic (exact) mass is 196 g/mol. The van der Waals surface area contributed by atoms with Gasteiger partial charge in [0, 0.05) is 25.0 Å². The van der Waals surface area contributed by atoms with E-state index in [0.717, 1.165) is 5.56 Å². The highest BCUT2D eigenvalue weighted by Crippen LogP contribution is 2.23. The van der Waals surface area contributed by atoms with Crippen LogP contribution in [0.5, 0.6) is 0 Å². The van der Waals surface area contributed by atoms with Crippen LogP contribution in [0.4, 0.5) is 5.69 Å². The summed E-state index contributed by atoms with van der Waals surface area (Å²) in [6.07, 6.45) is 2.89. The third-order valence-corrected chi connectivity index (χ3v) is 1.78. The van der Waals surface area contributed by atoms with Gasteiger partial charge in [0.05, 0.1) is 11.9 Å². The number of aromatic nitrogens is 1. The van der Waals surface area contributed by atoms with E-state index in [1.165, 1.54) is 0 Å². The van der Waals surface area contributed by atoms with Crippen LogP contribution in [-0.4, -0.2) is 18.2 Å². The second-order valence-corrected chi connectivity index (χ2v) is 2.75. The third-order valence-electron chi connectivity index (χ3n) is 1.78. The molecule has 0 saturated heterocycles. The Labute approximate surface area is 84.0 Å². The van der Waals surface area contributed by atoms with E-state index in [4.69, 9.17) is 15.2 Å². The molecule has 78 valence electrons. The Hall–Kier alpha value is -1.13.